The van der Waals surface area contributed by atoms with Crippen LogP contribution < -0.4 is 0 Å². The molecule has 0 spiro atoms. The van der Waals surface area contributed by atoms with Crippen LogP contribution >= 0.6 is 0 Å². The Bertz CT molecular complexity index is 1800. The number of rotatable bonds is 12. The van der Waals surface area contributed by atoms with Gasteiger partial charge in [-0.15, -0.1) is 0 Å². The summed E-state index contributed by atoms with van der Waals surface area (Å²) in [6, 6.07) is 3.80. The van der Waals surface area contributed by atoms with Crippen molar-refractivity contribution in [2.24, 2.45) is 5.92 Å². The fourth-order valence-corrected chi connectivity index (χ4v) is 6.57. The molecule has 20 nitrogen and oxygen atoms in total. The normalized spacial score (nSPS) is 28.3. The van der Waals surface area contributed by atoms with Gasteiger partial charge >= 0.3 is 41.8 Å². The summed E-state index contributed by atoms with van der Waals surface area (Å²) in [6.07, 6.45) is -14.7. The van der Waals surface area contributed by atoms with E-state index in [-0.39, 0.29) is 5.56 Å². The number of carbonyl (C=O) groups is 9. The average molecular weight is 793 g/mol. The Balaban J connectivity index is 1.92. The van der Waals surface area contributed by atoms with Gasteiger partial charge in [-0.3, -0.25) is 43.2 Å². The van der Waals surface area contributed by atoms with E-state index >= 15 is 0 Å². The minimum Gasteiger partial charge on any atom is -0.507 e. The number of hydrogen-bond donors (Lipinski definition) is 1. The zero-order valence-electron chi connectivity index (χ0n) is 31.2. The molecule has 0 radical (unpaired) electrons. The maximum absolute atomic E-state index is 13.6. The van der Waals surface area contributed by atoms with E-state index in [4.69, 9.17) is 47.4 Å². The fraction of sp³-hybridized carbons (Fsp3) is 0.528. The molecule has 0 amide bonds. The molecule has 1 unspecified atom stereocenters. The van der Waals surface area contributed by atoms with E-state index in [1.54, 1.807) is 0 Å². The third-order valence-electron chi connectivity index (χ3n) is 8.43. The maximum Gasteiger partial charge on any atom is 0.303 e. The number of carbonyl (C=O) groups excluding carboxylic acids is 9. The van der Waals surface area contributed by atoms with Gasteiger partial charge in [-0.25, -0.2) is 0 Å². The van der Waals surface area contributed by atoms with Crippen molar-refractivity contribution in [1.29, 1.82) is 0 Å². The number of allylic oxidation sites excluding steroid dienone is 2. The molecule has 2 aliphatic heterocycles. The van der Waals surface area contributed by atoms with Gasteiger partial charge in [0.05, 0.1) is 11.5 Å². The van der Waals surface area contributed by atoms with Crippen molar-refractivity contribution < 1.29 is 95.6 Å². The van der Waals surface area contributed by atoms with Crippen molar-refractivity contribution in [3.63, 3.8) is 0 Å². The Morgan fingerprint density at radius 3 is 1.66 bits per heavy atom. The van der Waals surface area contributed by atoms with Crippen molar-refractivity contribution in [3.05, 3.63) is 41.2 Å². The molecule has 10 atom stereocenters. The number of hydrogen-bond acceptors (Lipinski definition) is 20. The van der Waals surface area contributed by atoms with Gasteiger partial charge in [-0.2, -0.15) is 0 Å². The highest BCUT2D eigenvalue weighted by Gasteiger charge is 2.62. The lowest BCUT2D eigenvalue weighted by Gasteiger charge is -2.52. The summed E-state index contributed by atoms with van der Waals surface area (Å²) >= 11 is 0. The molecule has 3 aliphatic rings. The molecule has 20 heteroatoms. The van der Waals surface area contributed by atoms with E-state index in [0.717, 1.165) is 60.6 Å². The number of aromatic hydroxyl groups is 1. The first-order chi connectivity index (χ1) is 26.3. The monoisotopic (exact) mass is 792 g/mol. The molecule has 1 aromatic carbocycles. The number of phenolic OH excluding ortho intramolecular Hbond substituents is 1. The summed E-state index contributed by atoms with van der Waals surface area (Å²) in [5.41, 5.74) is -0.545. The van der Waals surface area contributed by atoms with Crippen molar-refractivity contribution in [2.45, 2.75) is 104 Å². The molecule has 2 saturated heterocycles. The lowest BCUT2D eigenvalue weighted by Crippen LogP contribution is -2.70. The number of phenols is 1. The van der Waals surface area contributed by atoms with Crippen molar-refractivity contribution in [3.8, 4) is 5.75 Å². The Hall–Kier alpha value is -5.89. The summed E-state index contributed by atoms with van der Waals surface area (Å²) in [4.78, 5) is 114. The zero-order chi connectivity index (χ0) is 41.6. The van der Waals surface area contributed by atoms with Gasteiger partial charge < -0.3 is 52.5 Å². The Labute approximate surface area is 318 Å². The average Bonchev–Trinajstić information content (AvgIpc) is 3.07. The van der Waals surface area contributed by atoms with Gasteiger partial charge in [0.15, 0.2) is 36.0 Å². The second-order valence-electron chi connectivity index (χ2n) is 12.8. The fourth-order valence-electron chi connectivity index (χ4n) is 6.57. The van der Waals surface area contributed by atoms with Crippen LogP contribution in [0.4, 0.5) is 0 Å². The summed E-state index contributed by atoms with van der Waals surface area (Å²) in [6.45, 7) is 5.71. The van der Waals surface area contributed by atoms with E-state index in [2.05, 4.69) is 0 Å². The van der Waals surface area contributed by atoms with Crippen molar-refractivity contribution >= 4 is 53.4 Å². The SMILES string of the molecule is CC(=O)OC[C@H]1O[C@@H](OC2=CC(=O)c3cccc(O)c3C2=O)[C@H](OC(C)=O)[C@@H](OC(C)=O)C1[C@H]1O[C@H](COC(C)=O)[C@@H](OC(C)=O)[C@H](OC(C)=O)[C@H]1OC(C)=O. The number of ether oxygens (including phenoxy) is 10. The van der Waals surface area contributed by atoms with Gasteiger partial charge in [0, 0.05) is 60.1 Å². The minimum atomic E-state index is -1.94. The standard InChI is InChI=1S/C36H40O20/c1-14(37)47-12-25-28(31-34(52-19(6)42)33(51-18(5)41)30(49-16(3)39)26(54-31)13-48-15(2)38)32(50-17(4)40)35(53-20(7)43)36(56-25)55-24-11-23(45)21-9-8-10-22(44)27(21)29(24)46/h8-11,25-26,28,30-36,44H,12-13H2,1-7H3/t25-,26-,28?,30-,31-,32+,33+,34+,35-,36-/m1/s1. The highest BCUT2D eigenvalue weighted by Crippen LogP contribution is 2.42. The molecule has 0 aromatic heterocycles. The van der Waals surface area contributed by atoms with Crippen LogP contribution in [-0.4, -0.2) is 127 Å². The van der Waals surface area contributed by atoms with Crippen LogP contribution in [0.3, 0.4) is 0 Å². The van der Waals surface area contributed by atoms with E-state index in [0.29, 0.717) is 0 Å². The zero-order valence-corrected chi connectivity index (χ0v) is 31.2. The lowest BCUT2D eigenvalue weighted by molar-refractivity contribution is -0.322. The third-order valence-corrected chi connectivity index (χ3v) is 8.43. The first-order valence-electron chi connectivity index (χ1n) is 17.0. The molecule has 304 valence electrons. The second kappa shape index (κ2) is 18.2. The summed E-state index contributed by atoms with van der Waals surface area (Å²) in [5, 5.41) is 10.4. The molecule has 56 heavy (non-hydrogen) atoms. The number of fused-ring (bicyclic) bond motifs is 1. The summed E-state index contributed by atoms with van der Waals surface area (Å²) in [7, 11) is 0. The predicted octanol–water partition coefficient (Wildman–Crippen LogP) is 0.565. The van der Waals surface area contributed by atoms with Crippen LogP contribution in [0, 0.1) is 5.92 Å². The molecule has 1 aliphatic carbocycles. The molecule has 2 heterocycles. The van der Waals surface area contributed by atoms with Crippen LogP contribution in [0.1, 0.15) is 69.2 Å². The predicted molar refractivity (Wildman–Crippen MR) is 178 cm³/mol. The van der Waals surface area contributed by atoms with Crippen LogP contribution in [0.25, 0.3) is 0 Å². The Morgan fingerprint density at radius 1 is 0.607 bits per heavy atom. The van der Waals surface area contributed by atoms with E-state index in [1.165, 1.54) is 12.1 Å². The van der Waals surface area contributed by atoms with Crippen molar-refractivity contribution in [1.82, 2.24) is 0 Å². The molecule has 4 rings (SSSR count). The van der Waals surface area contributed by atoms with Crippen molar-refractivity contribution in [2.75, 3.05) is 13.2 Å². The van der Waals surface area contributed by atoms with E-state index < -0.39 is 145 Å². The Morgan fingerprint density at radius 2 is 1.11 bits per heavy atom. The largest absolute Gasteiger partial charge is 0.507 e. The number of esters is 7. The van der Waals surface area contributed by atoms with Crippen LogP contribution in [0.2, 0.25) is 0 Å². The van der Waals surface area contributed by atoms with Gasteiger partial charge in [0.1, 0.15) is 37.3 Å². The molecule has 2 fully saturated rings. The van der Waals surface area contributed by atoms with Gasteiger partial charge in [-0.1, -0.05) is 12.1 Å². The van der Waals surface area contributed by atoms with Gasteiger partial charge in [0.2, 0.25) is 18.2 Å². The minimum absolute atomic E-state index is 0.141. The Kier molecular flexibility index (Phi) is 13.9. The maximum atomic E-state index is 13.6. The number of Topliss-reactive ketones (excluding diaryl/α,β-unsaturated/α-hetero) is 1. The van der Waals surface area contributed by atoms with E-state index in [9.17, 15) is 48.3 Å². The highest BCUT2D eigenvalue weighted by atomic mass is 16.7. The first-order valence-corrected chi connectivity index (χ1v) is 17.0. The molecule has 1 N–H and O–H groups in total. The molecule has 0 bridgehead atoms. The molecular formula is C36H40O20. The number of benzene rings is 1. The lowest BCUT2D eigenvalue weighted by atomic mass is 9.78. The molecular weight excluding hydrogens is 752 g/mol. The van der Waals surface area contributed by atoms with Crippen LogP contribution in [0.5, 0.6) is 5.75 Å². The first kappa shape index (κ1) is 42.8. The highest BCUT2D eigenvalue weighted by molar-refractivity contribution is 6.24. The van der Waals surface area contributed by atoms with Crippen LogP contribution in [-0.2, 0) is 80.9 Å². The quantitative estimate of drug-likeness (QED) is 0.224. The van der Waals surface area contributed by atoms with E-state index in [1.807, 2.05) is 0 Å². The molecule has 1 aromatic rings. The smallest absolute Gasteiger partial charge is 0.303 e. The number of ketones is 2. The molecule has 0 saturated carbocycles. The third kappa shape index (κ3) is 10.2. The van der Waals surface area contributed by atoms with Crippen LogP contribution in [0.15, 0.2) is 30.0 Å². The van der Waals surface area contributed by atoms with Gasteiger partial charge in [0.25, 0.3) is 0 Å². The second-order valence-corrected chi connectivity index (χ2v) is 12.8. The van der Waals surface area contributed by atoms with Gasteiger partial charge in [-0.05, 0) is 6.07 Å². The summed E-state index contributed by atoms with van der Waals surface area (Å²) in [5.74, 6) is -11.1. The topological polar surface area (TPSA) is 266 Å². The summed E-state index contributed by atoms with van der Waals surface area (Å²) < 4.78 is 56.7.